The normalized spacial score (nSPS) is 12.0. The summed E-state index contributed by atoms with van der Waals surface area (Å²) in [6.45, 7) is 7.42. The van der Waals surface area contributed by atoms with Crippen molar-refractivity contribution in [1.82, 2.24) is 0 Å². The first-order valence-corrected chi connectivity index (χ1v) is 4.24. The van der Waals surface area contributed by atoms with E-state index in [1.807, 2.05) is 19.9 Å². The molecule has 1 heteroatoms. The Balaban J connectivity index is 4.26. The summed E-state index contributed by atoms with van der Waals surface area (Å²) in [5.41, 5.74) is 0.775. The summed E-state index contributed by atoms with van der Waals surface area (Å²) < 4.78 is 0. The Bertz CT molecular complexity index is 209. The smallest absolute Gasteiger partial charge is 0.162 e. The van der Waals surface area contributed by atoms with Crippen molar-refractivity contribution in [3.63, 3.8) is 0 Å². The molecule has 0 saturated carbocycles. The molecule has 1 nitrogen and oxygen atoms in total. The monoisotopic (exact) mass is 164 g/mol. The molecule has 0 aromatic heterocycles. The molecule has 0 heterocycles. The average Bonchev–Trinajstić information content (AvgIpc) is 2.06. The minimum atomic E-state index is 0.207. The number of Topliss-reactive ketones (excluding diaryl/α,β-unsaturated/α-hetero) is 1. The Morgan fingerprint density at radius 2 is 2.17 bits per heavy atom. The molecule has 0 bridgehead atoms. The maximum atomic E-state index is 11.3. The Hall–Kier alpha value is -1.11. The number of carbonyl (C=O) groups is 1. The predicted molar refractivity (Wildman–Crippen MR) is 53.0 cm³/mol. The van der Waals surface area contributed by atoms with Crippen LogP contribution in [-0.2, 0) is 4.79 Å². The Morgan fingerprint density at radius 1 is 1.50 bits per heavy atom. The van der Waals surface area contributed by atoms with Crippen molar-refractivity contribution < 1.29 is 4.79 Å². The Kier molecular flexibility index (Phi) is 5.98. The van der Waals surface area contributed by atoms with E-state index >= 15 is 0 Å². The van der Waals surface area contributed by atoms with E-state index in [-0.39, 0.29) is 5.78 Å². The zero-order valence-electron chi connectivity index (χ0n) is 7.84. The first-order valence-electron chi connectivity index (χ1n) is 4.24. The molecule has 0 amide bonds. The molecule has 0 aliphatic rings. The largest absolute Gasteiger partial charge is 0.294 e. The average molecular weight is 164 g/mol. The minimum Gasteiger partial charge on any atom is -0.294 e. The third-order valence-electron chi connectivity index (χ3n) is 1.52. The van der Waals surface area contributed by atoms with Gasteiger partial charge in [-0.3, -0.25) is 4.79 Å². The topological polar surface area (TPSA) is 17.1 Å². The number of carbonyl (C=O) groups excluding carboxylic acids is 1. The van der Waals surface area contributed by atoms with Gasteiger partial charge in [0.2, 0.25) is 0 Å². The Morgan fingerprint density at radius 3 is 2.58 bits per heavy atom. The molecule has 0 spiro atoms. The number of hydrogen-bond acceptors (Lipinski definition) is 1. The molecule has 0 fully saturated rings. The number of ketones is 1. The number of allylic oxidation sites excluding steroid dienone is 5. The van der Waals surface area contributed by atoms with Gasteiger partial charge in [-0.15, -0.1) is 0 Å². The third kappa shape index (κ3) is 3.91. The van der Waals surface area contributed by atoms with E-state index in [1.165, 1.54) is 0 Å². The second-order valence-electron chi connectivity index (χ2n) is 2.51. The van der Waals surface area contributed by atoms with Crippen molar-refractivity contribution in [2.45, 2.75) is 26.7 Å². The fourth-order valence-corrected chi connectivity index (χ4v) is 0.893. The molecule has 66 valence electrons. The van der Waals surface area contributed by atoms with Crippen molar-refractivity contribution in [3.8, 4) is 0 Å². The van der Waals surface area contributed by atoms with Crippen LogP contribution in [0, 0.1) is 0 Å². The third-order valence-corrected chi connectivity index (χ3v) is 1.52. The van der Waals surface area contributed by atoms with Gasteiger partial charge in [0.05, 0.1) is 0 Å². The first kappa shape index (κ1) is 10.9. The minimum absolute atomic E-state index is 0.207. The summed E-state index contributed by atoms with van der Waals surface area (Å²) in [5, 5.41) is 0. The zero-order valence-corrected chi connectivity index (χ0v) is 7.84. The molecule has 0 N–H and O–H groups in total. The van der Waals surface area contributed by atoms with Crippen LogP contribution in [0.2, 0.25) is 0 Å². The molecule has 0 aromatic carbocycles. The summed E-state index contributed by atoms with van der Waals surface area (Å²) in [7, 11) is 0. The summed E-state index contributed by atoms with van der Waals surface area (Å²) in [6, 6.07) is 0. The highest BCUT2D eigenvalue weighted by Crippen LogP contribution is 2.04. The SMILES string of the molecule is C=C/C=C\C(=C/C)C(=O)CCC. The van der Waals surface area contributed by atoms with Crippen LogP contribution in [0.3, 0.4) is 0 Å². The van der Waals surface area contributed by atoms with Crippen LogP contribution in [0.5, 0.6) is 0 Å². The van der Waals surface area contributed by atoms with Gasteiger partial charge in [0.15, 0.2) is 5.78 Å². The van der Waals surface area contributed by atoms with Gasteiger partial charge in [0, 0.05) is 12.0 Å². The summed E-state index contributed by atoms with van der Waals surface area (Å²) >= 11 is 0. The van der Waals surface area contributed by atoms with Crippen molar-refractivity contribution in [3.05, 3.63) is 36.5 Å². The molecule has 0 rings (SSSR count). The van der Waals surface area contributed by atoms with Crippen LogP contribution in [0.1, 0.15) is 26.7 Å². The molecule has 0 radical (unpaired) electrons. The van der Waals surface area contributed by atoms with Gasteiger partial charge in [-0.25, -0.2) is 0 Å². The maximum absolute atomic E-state index is 11.3. The molecule has 0 saturated heterocycles. The fourth-order valence-electron chi connectivity index (χ4n) is 0.893. The van der Waals surface area contributed by atoms with Crippen LogP contribution in [0.15, 0.2) is 36.5 Å². The lowest BCUT2D eigenvalue weighted by atomic mass is 10.1. The van der Waals surface area contributed by atoms with Crippen molar-refractivity contribution in [1.29, 1.82) is 0 Å². The van der Waals surface area contributed by atoms with Gasteiger partial charge in [-0.1, -0.05) is 37.8 Å². The van der Waals surface area contributed by atoms with Crippen LogP contribution < -0.4 is 0 Å². The van der Waals surface area contributed by atoms with Gasteiger partial charge in [0.1, 0.15) is 0 Å². The maximum Gasteiger partial charge on any atom is 0.162 e. The molecule has 0 unspecified atom stereocenters. The van der Waals surface area contributed by atoms with E-state index in [1.54, 1.807) is 18.2 Å². The van der Waals surface area contributed by atoms with Gasteiger partial charge in [-0.2, -0.15) is 0 Å². The lowest BCUT2D eigenvalue weighted by molar-refractivity contribution is -0.115. The Labute approximate surface area is 74.5 Å². The molecule has 0 aromatic rings. The number of hydrogen-bond donors (Lipinski definition) is 0. The van der Waals surface area contributed by atoms with Crippen molar-refractivity contribution >= 4 is 5.78 Å². The fraction of sp³-hybridized carbons (Fsp3) is 0.364. The van der Waals surface area contributed by atoms with E-state index in [4.69, 9.17) is 0 Å². The van der Waals surface area contributed by atoms with Crippen LogP contribution in [-0.4, -0.2) is 5.78 Å². The van der Waals surface area contributed by atoms with Crippen molar-refractivity contribution in [2.75, 3.05) is 0 Å². The predicted octanol–water partition coefficient (Wildman–Crippen LogP) is 3.04. The van der Waals surface area contributed by atoms with E-state index < -0.39 is 0 Å². The zero-order chi connectivity index (χ0) is 9.40. The molecular weight excluding hydrogens is 148 g/mol. The quantitative estimate of drug-likeness (QED) is 0.451. The highest BCUT2D eigenvalue weighted by atomic mass is 16.1. The van der Waals surface area contributed by atoms with E-state index in [9.17, 15) is 4.79 Å². The molecule has 0 atom stereocenters. The van der Waals surface area contributed by atoms with Crippen molar-refractivity contribution in [2.24, 2.45) is 0 Å². The highest BCUT2D eigenvalue weighted by Gasteiger charge is 2.02. The van der Waals surface area contributed by atoms with Crippen LogP contribution in [0.25, 0.3) is 0 Å². The molecular formula is C11H16O. The van der Waals surface area contributed by atoms with E-state index in [0.29, 0.717) is 6.42 Å². The summed E-state index contributed by atoms with van der Waals surface area (Å²) in [5.74, 6) is 0.207. The van der Waals surface area contributed by atoms with Gasteiger partial charge < -0.3 is 0 Å². The van der Waals surface area contributed by atoms with Gasteiger partial charge in [0.25, 0.3) is 0 Å². The van der Waals surface area contributed by atoms with E-state index in [0.717, 1.165) is 12.0 Å². The first-order chi connectivity index (χ1) is 5.76. The summed E-state index contributed by atoms with van der Waals surface area (Å²) in [4.78, 5) is 11.3. The van der Waals surface area contributed by atoms with Gasteiger partial charge >= 0.3 is 0 Å². The second kappa shape index (κ2) is 6.59. The molecule has 0 aliphatic carbocycles. The molecule has 0 aliphatic heterocycles. The second-order valence-corrected chi connectivity index (χ2v) is 2.51. The summed E-state index contributed by atoms with van der Waals surface area (Å²) in [6.07, 6.45) is 8.61. The highest BCUT2D eigenvalue weighted by molar-refractivity contribution is 5.97. The van der Waals surface area contributed by atoms with Gasteiger partial charge in [-0.05, 0) is 13.3 Å². The van der Waals surface area contributed by atoms with E-state index in [2.05, 4.69) is 6.58 Å². The lowest BCUT2D eigenvalue weighted by Crippen LogP contribution is -1.98. The standard InChI is InChI=1S/C11H16O/c1-4-7-9-10(6-3)11(12)8-5-2/h4,6-7,9H,1,5,8H2,2-3H3/b9-7-,10-6+. The van der Waals surface area contributed by atoms with Crippen LogP contribution >= 0.6 is 0 Å². The molecule has 12 heavy (non-hydrogen) atoms. The van der Waals surface area contributed by atoms with Crippen LogP contribution in [0.4, 0.5) is 0 Å². The number of rotatable bonds is 5. The lowest BCUT2D eigenvalue weighted by Gasteiger charge is -1.97.